The third-order valence-corrected chi connectivity index (χ3v) is 8.70. The normalized spacial score (nSPS) is 19.0. The molecule has 0 fully saturated rings. The van der Waals surface area contributed by atoms with Gasteiger partial charge in [-0.05, 0) is 49.4 Å². The van der Waals surface area contributed by atoms with Crippen molar-refractivity contribution in [3.8, 4) is 0 Å². The van der Waals surface area contributed by atoms with Crippen LogP contribution < -0.4 is 5.32 Å². The van der Waals surface area contributed by atoms with E-state index in [-0.39, 0.29) is 12.3 Å². The van der Waals surface area contributed by atoms with Crippen molar-refractivity contribution in [1.29, 1.82) is 0 Å². The third-order valence-electron chi connectivity index (χ3n) is 7.36. The van der Waals surface area contributed by atoms with Crippen molar-refractivity contribution in [2.24, 2.45) is 0 Å². The van der Waals surface area contributed by atoms with Crippen LogP contribution in [0.15, 0.2) is 39.4 Å². The molecule has 0 unspecified atom stereocenters. The van der Waals surface area contributed by atoms with Gasteiger partial charge in [0.2, 0.25) is 0 Å². The highest BCUT2D eigenvalue weighted by atomic mass is 32.2. The second-order valence-corrected chi connectivity index (χ2v) is 11.2. The zero-order chi connectivity index (χ0) is 24.6. The molecule has 0 saturated carbocycles. The van der Waals surface area contributed by atoms with Crippen LogP contribution in [0.25, 0.3) is 0 Å². The summed E-state index contributed by atoms with van der Waals surface area (Å²) in [5.41, 5.74) is 4.90. The Kier molecular flexibility index (Phi) is 9.36. The number of anilines is 1. The highest BCUT2D eigenvalue weighted by molar-refractivity contribution is 8.07. The fourth-order valence-electron chi connectivity index (χ4n) is 5.46. The quantitative estimate of drug-likeness (QED) is 0.205. The summed E-state index contributed by atoms with van der Waals surface area (Å²) in [7, 11) is 0. The summed E-state index contributed by atoms with van der Waals surface area (Å²) in [6.07, 6.45) is 17.4. The lowest BCUT2D eigenvalue weighted by Gasteiger charge is -2.24. The van der Waals surface area contributed by atoms with E-state index in [1.54, 1.807) is 0 Å². The lowest BCUT2D eigenvalue weighted by Crippen LogP contribution is -2.21. The smallest absolute Gasteiger partial charge is 0.322 e. The maximum Gasteiger partial charge on any atom is 0.322 e. The van der Waals surface area contributed by atoms with Gasteiger partial charge in [0.15, 0.2) is 5.78 Å². The van der Waals surface area contributed by atoms with Crippen LogP contribution in [0, 0.1) is 0 Å². The molecule has 2 N–H and O–H groups in total. The number of carboxylic acids is 1. The summed E-state index contributed by atoms with van der Waals surface area (Å²) in [6.45, 7) is 3.15. The third kappa shape index (κ3) is 6.52. The number of allylic oxidation sites excluding steroid dienone is 3. The first-order chi connectivity index (χ1) is 17.1. The number of ketones is 1. The molecule has 3 aliphatic rings. The average Bonchev–Trinajstić information content (AvgIpc) is 3.52. The van der Waals surface area contributed by atoms with Gasteiger partial charge in [0.1, 0.15) is 6.54 Å². The monoisotopic (exact) mass is 496 g/mol. The van der Waals surface area contributed by atoms with Crippen LogP contribution >= 0.6 is 11.8 Å². The number of nitrogens with zero attached hydrogens (tertiary/aromatic N) is 1. The molecule has 5 nitrogen and oxygen atoms in total. The summed E-state index contributed by atoms with van der Waals surface area (Å²) < 4.78 is 0. The molecule has 0 spiro atoms. The first-order valence-electron chi connectivity index (χ1n) is 13.6. The molecule has 1 aromatic rings. The highest BCUT2D eigenvalue weighted by Crippen LogP contribution is 2.51. The van der Waals surface area contributed by atoms with Crippen molar-refractivity contribution in [3.05, 3.63) is 50.5 Å². The molecule has 0 bridgehead atoms. The molecule has 4 rings (SSSR count). The molecular formula is C29H40N2O3S. The average molecular weight is 497 g/mol. The van der Waals surface area contributed by atoms with Crippen molar-refractivity contribution < 1.29 is 14.7 Å². The number of thioether (sulfide) groups is 1. The Bertz CT molecular complexity index is 998. The van der Waals surface area contributed by atoms with Crippen molar-refractivity contribution in [1.82, 2.24) is 4.90 Å². The zero-order valence-corrected chi connectivity index (χ0v) is 22.0. The van der Waals surface area contributed by atoms with Gasteiger partial charge in [-0.3, -0.25) is 9.59 Å². The fourth-order valence-corrected chi connectivity index (χ4v) is 6.87. The minimum absolute atomic E-state index is 0.125. The Hall–Kier alpha value is -2.21. The van der Waals surface area contributed by atoms with E-state index in [2.05, 4.69) is 17.1 Å². The molecule has 0 radical (unpaired) electrons. The van der Waals surface area contributed by atoms with Crippen LogP contribution in [0.4, 0.5) is 5.69 Å². The van der Waals surface area contributed by atoms with Crippen LogP contribution in [0.3, 0.4) is 0 Å². The maximum atomic E-state index is 13.3. The molecule has 2 aliphatic carbocycles. The van der Waals surface area contributed by atoms with Gasteiger partial charge in [-0.2, -0.15) is 0 Å². The summed E-state index contributed by atoms with van der Waals surface area (Å²) in [5, 5.41) is 13.0. The number of fused-ring (bicyclic) bond motifs is 1. The lowest BCUT2D eigenvalue weighted by molar-refractivity contribution is -0.134. The molecular weight excluding hydrogens is 456 g/mol. The van der Waals surface area contributed by atoms with Crippen molar-refractivity contribution in [2.75, 3.05) is 18.4 Å². The van der Waals surface area contributed by atoms with E-state index in [1.807, 2.05) is 30.0 Å². The van der Waals surface area contributed by atoms with Gasteiger partial charge in [-0.1, -0.05) is 76.5 Å². The van der Waals surface area contributed by atoms with Crippen LogP contribution in [0.5, 0.6) is 0 Å². The van der Waals surface area contributed by atoms with E-state index in [0.29, 0.717) is 6.42 Å². The predicted octanol–water partition coefficient (Wildman–Crippen LogP) is 7.50. The number of Topliss-reactive ketones (excluding diaryl/α,β-unsaturated/α-hetero) is 1. The Morgan fingerprint density at radius 1 is 1.03 bits per heavy atom. The van der Waals surface area contributed by atoms with E-state index in [9.17, 15) is 9.59 Å². The van der Waals surface area contributed by atoms with Gasteiger partial charge >= 0.3 is 5.97 Å². The molecule has 1 aromatic carbocycles. The van der Waals surface area contributed by atoms with Gasteiger partial charge in [0.25, 0.3) is 0 Å². The number of nitrogens with one attached hydrogen (secondary N) is 1. The number of hydrogen-bond acceptors (Lipinski definition) is 5. The van der Waals surface area contributed by atoms with Crippen molar-refractivity contribution in [2.45, 2.75) is 96.8 Å². The van der Waals surface area contributed by atoms with Gasteiger partial charge in [0.05, 0.1) is 5.03 Å². The summed E-state index contributed by atoms with van der Waals surface area (Å²) in [5.74, 6) is -0.753. The van der Waals surface area contributed by atoms with Crippen molar-refractivity contribution in [3.63, 3.8) is 0 Å². The number of carbonyl (C=O) groups is 2. The van der Waals surface area contributed by atoms with E-state index in [0.717, 1.165) is 46.8 Å². The number of benzene rings is 1. The Labute approximate surface area is 214 Å². The molecule has 35 heavy (non-hydrogen) atoms. The second-order valence-electron chi connectivity index (χ2n) is 10.1. The summed E-state index contributed by atoms with van der Waals surface area (Å²) in [6, 6.07) is 5.61. The Morgan fingerprint density at radius 2 is 1.74 bits per heavy atom. The fraction of sp³-hybridized carbons (Fsp3) is 0.586. The first-order valence-corrected chi connectivity index (χ1v) is 14.4. The van der Waals surface area contributed by atoms with Crippen LogP contribution in [0.2, 0.25) is 0 Å². The van der Waals surface area contributed by atoms with E-state index in [1.165, 1.54) is 81.2 Å². The molecule has 0 amide bonds. The number of unbranched alkanes of at least 4 members (excludes halogenated alkanes) is 9. The molecule has 0 aromatic heterocycles. The SMILES string of the molecule is CCCCCCCCCCCCN1C2=C(CCC2)S/C1=C1/Cc2cc(NCC(=O)O)ccc2C1=O. The van der Waals surface area contributed by atoms with E-state index in [4.69, 9.17) is 5.11 Å². The number of carboxylic acid groups (broad SMARTS) is 1. The number of carbonyl (C=O) groups excluding carboxylic acids is 1. The number of hydrogen-bond donors (Lipinski definition) is 2. The van der Waals surface area contributed by atoms with Gasteiger partial charge in [-0.25, -0.2) is 0 Å². The van der Waals surface area contributed by atoms with E-state index >= 15 is 0 Å². The minimum Gasteiger partial charge on any atom is -0.480 e. The molecule has 0 saturated heterocycles. The predicted molar refractivity (Wildman–Crippen MR) is 145 cm³/mol. The maximum absolute atomic E-state index is 13.3. The lowest BCUT2D eigenvalue weighted by atomic mass is 10.1. The standard InChI is InChI=1S/C29H40N2O3S/c1-2-3-4-5-6-7-8-9-10-11-17-31-25-13-12-14-26(25)35-29(31)24-19-21-18-22(30-20-27(32)33)15-16-23(21)28(24)34/h15-16,18,30H,2-14,17,19-20H2,1H3,(H,32,33)/b29-24-. The van der Waals surface area contributed by atoms with Gasteiger partial charge in [-0.15, -0.1) is 0 Å². The minimum atomic E-state index is -0.894. The molecule has 1 aliphatic heterocycles. The Morgan fingerprint density at radius 3 is 2.46 bits per heavy atom. The second kappa shape index (κ2) is 12.7. The summed E-state index contributed by atoms with van der Waals surface area (Å²) in [4.78, 5) is 28.2. The number of aliphatic carboxylic acids is 1. The van der Waals surface area contributed by atoms with Crippen LogP contribution in [-0.2, 0) is 11.2 Å². The van der Waals surface area contributed by atoms with Gasteiger partial charge < -0.3 is 15.3 Å². The first kappa shape index (κ1) is 25.9. The number of rotatable bonds is 14. The van der Waals surface area contributed by atoms with Crippen LogP contribution in [0.1, 0.15) is 106 Å². The van der Waals surface area contributed by atoms with Crippen LogP contribution in [-0.4, -0.2) is 34.8 Å². The van der Waals surface area contributed by atoms with Crippen molar-refractivity contribution >= 4 is 29.2 Å². The molecule has 190 valence electrons. The Balaban J connectivity index is 1.34. The molecule has 1 heterocycles. The molecule has 0 atom stereocenters. The molecule has 6 heteroatoms. The summed E-state index contributed by atoms with van der Waals surface area (Å²) >= 11 is 1.83. The zero-order valence-electron chi connectivity index (χ0n) is 21.2. The topological polar surface area (TPSA) is 69.6 Å². The largest absolute Gasteiger partial charge is 0.480 e. The van der Waals surface area contributed by atoms with Gasteiger partial charge in [0, 0.05) is 40.4 Å². The van der Waals surface area contributed by atoms with E-state index < -0.39 is 5.97 Å². The highest BCUT2D eigenvalue weighted by Gasteiger charge is 2.37.